The Labute approximate surface area is 129 Å². The highest BCUT2D eigenvalue weighted by atomic mass is 79.9. The topological polar surface area (TPSA) is 42.6 Å². The van der Waals surface area contributed by atoms with Gasteiger partial charge in [-0.25, -0.2) is 4.39 Å². The first-order valence-electron chi connectivity index (χ1n) is 6.29. The highest BCUT2D eigenvalue weighted by Gasteiger charge is 2.20. The lowest BCUT2D eigenvalue weighted by Gasteiger charge is -2.13. The normalized spacial score (nSPS) is 12.6. The van der Waals surface area contributed by atoms with Gasteiger partial charge in [-0.1, -0.05) is 15.9 Å². The third kappa shape index (κ3) is 2.66. The lowest BCUT2D eigenvalue weighted by molar-refractivity contribution is 0.187. The van der Waals surface area contributed by atoms with Gasteiger partial charge < -0.3 is 14.3 Å². The van der Waals surface area contributed by atoms with Crippen LogP contribution in [0.3, 0.4) is 0 Å². The second-order valence-corrected chi connectivity index (χ2v) is 5.54. The van der Waals surface area contributed by atoms with Gasteiger partial charge in [0.05, 0.1) is 7.11 Å². The van der Waals surface area contributed by atoms with Gasteiger partial charge >= 0.3 is 0 Å². The number of benzene rings is 2. The molecule has 0 fully saturated rings. The first-order chi connectivity index (χ1) is 10.1. The lowest BCUT2D eigenvalue weighted by Crippen LogP contribution is -2.01. The van der Waals surface area contributed by atoms with E-state index in [0.717, 1.165) is 4.47 Å². The molecule has 1 atom stereocenters. The van der Waals surface area contributed by atoms with Crippen LogP contribution in [-0.2, 0) is 0 Å². The van der Waals surface area contributed by atoms with Crippen molar-refractivity contribution in [2.24, 2.45) is 0 Å². The molecule has 0 aliphatic carbocycles. The largest absolute Gasteiger partial charge is 0.496 e. The van der Waals surface area contributed by atoms with Crippen molar-refractivity contribution in [3.05, 3.63) is 64.1 Å². The number of halogens is 2. The van der Waals surface area contributed by atoms with Crippen LogP contribution in [0.1, 0.15) is 17.4 Å². The molecule has 1 aromatic heterocycles. The van der Waals surface area contributed by atoms with Gasteiger partial charge in [-0.3, -0.25) is 0 Å². The summed E-state index contributed by atoms with van der Waals surface area (Å²) in [6.07, 6.45) is -0.993. The van der Waals surface area contributed by atoms with Gasteiger partial charge in [0.15, 0.2) is 0 Å². The van der Waals surface area contributed by atoms with Crippen molar-refractivity contribution in [3.8, 4) is 5.75 Å². The van der Waals surface area contributed by atoms with Crippen LogP contribution < -0.4 is 4.74 Å². The van der Waals surface area contributed by atoms with Gasteiger partial charge in [-0.15, -0.1) is 0 Å². The van der Waals surface area contributed by atoms with Gasteiger partial charge in [-0.05, 0) is 42.5 Å². The molecule has 0 bridgehead atoms. The molecular formula is C16H12BrFO3. The molecule has 2 aromatic carbocycles. The van der Waals surface area contributed by atoms with E-state index in [0.29, 0.717) is 28.0 Å². The summed E-state index contributed by atoms with van der Waals surface area (Å²) >= 11 is 3.36. The fraction of sp³-hybridized carbons (Fsp3) is 0.125. The molecule has 5 heteroatoms. The minimum absolute atomic E-state index is 0.340. The standard InChI is InChI=1S/C16H12BrFO3/c1-20-14-4-2-10(17)8-12(14)16(19)15-7-9-6-11(18)3-5-13(9)21-15/h2-8,16,19H,1H3. The predicted molar refractivity (Wildman–Crippen MR) is 80.9 cm³/mol. The van der Waals surface area contributed by atoms with Gasteiger partial charge in [0.25, 0.3) is 0 Å². The Morgan fingerprint density at radius 1 is 1.19 bits per heavy atom. The maximum absolute atomic E-state index is 13.2. The zero-order chi connectivity index (χ0) is 15.0. The Kier molecular flexibility index (Phi) is 3.69. The minimum atomic E-state index is -0.993. The van der Waals surface area contributed by atoms with E-state index in [1.807, 2.05) is 6.07 Å². The number of fused-ring (bicyclic) bond motifs is 1. The number of furan rings is 1. The van der Waals surface area contributed by atoms with Crippen LogP contribution in [-0.4, -0.2) is 12.2 Å². The van der Waals surface area contributed by atoms with Crippen molar-refractivity contribution >= 4 is 26.9 Å². The minimum Gasteiger partial charge on any atom is -0.496 e. The van der Waals surface area contributed by atoms with E-state index in [-0.39, 0.29) is 5.82 Å². The fourth-order valence-corrected chi connectivity index (χ4v) is 2.62. The summed E-state index contributed by atoms with van der Waals surface area (Å²) in [6.45, 7) is 0. The summed E-state index contributed by atoms with van der Waals surface area (Å²) < 4.78 is 24.9. The summed E-state index contributed by atoms with van der Waals surface area (Å²) in [5, 5.41) is 11.1. The predicted octanol–water partition coefficient (Wildman–Crippen LogP) is 4.42. The molecule has 0 radical (unpaired) electrons. The first-order valence-corrected chi connectivity index (χ1v) is 7.08. The second kappa shape index (κ2) is 5.50. The van der Waals surface area contributed by atoms with Crippen molar-refractivity contribution in [1.29, 1.82) is 0 Å². The highest BCUT2D eigenvalue weighted by Crippen LogP contribution is 2.34. The lowest BCUT2D eigenvalue weighted by atomic mass is 10.1. The third-order valence-electron chi connectivity index (χ3n) is 3.25. The summed E-state index contributed by atoms with van der Waals surface area (Å²) in [7, 11) is 1.54. The Bertz CT molecular complexity index is 797. The van der Waals surface area contributed by atoms with Crippen molar-refractivity contribution < 1.29 is 18.7 Å². The molecule has 1 unspecified atom stereocenters. The van der Waals surface area contributed by atoms with Crippen LogP contribution in [0.5, 0.6) is 5.75 Å². The maximum atomic E-state index is 13.2. The van der Waals surface area contributed by atoms with Crippen molar-refractivity contribution in [2.45, 2.75) is 6.10 Å². The monoisotopic (exact) mass is 350 g/mol. The molecule has 3 aromatic rings. The smallest absolute Gasteiger partial charge is 0.140 e. The van der Waals surface area contributed by atoms with Crippen molar-refractivity contribution in [1.82, 2.24) is 0 Å². The molecule has 3 nitrogen and oxygen atoms in total. The summed E-state index contributed by atoms with van der Waals surface area (Å²) in [6, 6.07) is 11.2. The third-order valence-corrected chi connectivity index (χ3v) is 3.75. The Balaban J connectivity index is 2.07. The van der Waals surface area contributed by atoms with Crippen LogP contribution >= 0.6 is 15.9 Å². The number of ether oxygens (including phenoxy) is 1. The van der Waals surface area contributed by atoms with E-state index in [1.54, 1.807) is 24.3 Å². The summed E-state index contributed by atoms with van der Waals surface area (Å²) in [4.78, 5) is 0. The van der Waals surface area contributed by atoms with Crippen LogP contribution in [0.15, 0.2) is 51.4 Å². The van der Waals surface area contributed by atoms with Crippen LogP contribution in [0.2, 0.25) is 0 Å². The molecule has 3 rings (SSSR count). The number of aliphatic hydroxyl groups excluding tert-OH is 1. The van der Waals surface area contributed by atoms with Gasteiger partial charge in [0, 0.05) is 15.4 Å². The molecule has 0 saturated heterocycles. The van der Waals surface area contributed by atoms with E-state index in [1.165, 1.54) is 19.2 Å². The molecular weight excluding hydrogens is 339 g/mol. The van der Waals surface area contributed by atoms with Crippen molar-refractivity contribution in [3.63, 3.8) is 0 Å². The molecule has 0 aliphatic rings. The molecule has 0 amide bonds. The Morgan fingerprint density at radius 2 is 2.00 bits per heavy atom. The number of rotatable bonds is 3. The SMILES string of the molecule is COc1ccc(Br)cc1C(O)c1cc2cc(F)ccc2o1. The average Bonchev–Trinajstić information content (AvgIpc) is 2.89. The molecule has 108 valence electrons. The molecule has 0 spiro atoms. The van der Waals surface area contributed by atoms with Gasteiger partial charge in [0.1, 0.15) is 29.0 Å². The van der Waals surface area contributed by atoms with Crippen LogP contribution in [0.4, 0.5) is 4.39 Å². The van der Waals surface area contributed by atoms with Crippen LogP contribution in [0, 0.1) is 5.82 Å². The highest BCUT2D eigenvalue weighted by molar-refractivity contribution is 9.10. The molecule has 21 heavy (non-hydrogen) atoms. The quantitative estimate of drug-likeness (QED) is 0.759. The zero-order valence-electron chi connectivity index (χ0n) is 11.1. The number of aliphatic hydroxyl groups is 1. The molecule has 0 saturated carbocycles. The molecule has 1 heterocycles. The van der Waals surface area contributed by atoms with Crippen molar-refractivity contribution in [2.75, 3.05) is 7.11 Å². The van der Waals surface area contributed by atoms with E-state index in [9.17, 15) is 9.50 Å². The van der Waals surface area contributed by atoms with Gasteiger partial charge in [0.2, 0.25) is 0 Å². The molecule has 0 aliphatic heterocycles. The Hall–Kier alpha value is -1.85. The van der Waals surface area contributed by atoms with E-state index < -0.39 is 6.10 Å². The first kappa shape index (κ1) is 14.1. The fourth-order valence-electron chi connectivity index (χ4n) is 2.24. The summed E-state index contributed by atoms with van der Waals surface area (Å²) in [5.41, 5.74) is 1.10. The van der Waals surface area contributed by atoms with E-state index in [4.69, 9.17) is 9.15 Å². The number of hydrogen-bond acceptors (Lipinski definition) is 3. The maximum Gasteiger partial charge on any atom is 0.140 e. The van der Waals surface area contributed by atoms with Gasteiger partial charge in [-0.2, -0.15) is 0 Å². The van der Waals surface area contributed by atoms with Crippen LogP contribution in [0.25, 0.3) is 11.0 Å². The van der Waals surface area contributed by atoms with E-state index >= 15 is 0 Å². The number of hydrogen-bond donors (Lipinski definition) is 1. The summed E-state index contributed by atoms with van der Waals surface area (Å²) in [5.74, 6) is 0.550. The number of methoxy groups -OCH3 is 1. The Morgan fingerprint density at radius 3 is 2.76 bits per heavy atom. The molecule has 1 N–H and O–H groups in total. The van der Waals surface area contributed by atoms with E-state index in [2.05, 4.69) is 15.9 Å². The average molecular weight is 351 g/mol. The zero-order valence-corrected chi connectivity index (χ0v) is 12.7. The second-order valence-electron chi connectivity index (χ2n) is 4.62.